The summed E-state index contributed by atoms with van der Waals surface area (Å²) in [4.78, 5) is 41.4. The van der Waals surface area contributed by atoms with Crippen LogP contribution in [0.5, 0.6) is 11.5 Å². The van der Waals surface area contributed by atoms with Crippen LogP contribution in [0.1, 0.15) is 66.9 Å². The molecule has 5 rings (SSSR count). The van der Waals surface area contributed by atoms with Crippen molar-refractivity contribution in [1.29, 1.82) is 0 Å². The lowest BCUT2D eigenvalue weighted by atomic mass is 9.81. The molecule has 3 atom stereocenters. The maximum Gasteiger partial charge on any atom is 0.573 e. The Morgan fingerprint density at radius 1 is 1.03 bits per heavy atom. The summed E-state index contributed by atoms with van der Waals surface area (Å²) in [5, 5.41) is 19.2. The fourth-order valence-electron chi connectivity index (χ4n) is 5.95. The number of benzene rings is 2. The highest BCUT2D eigenvalue weighted by Crippen LogP contribution is 2.53. The maximum absolute atomic E-state index is 14.6. The van der Waals surface area contributed by atoms with Crippen LogP contribution in [0.3, 0.4) is 0 Å². The number of phenols is 1. The first-order valence-corrected chi connectivity index (χ1v) is 12.7. The van der Waals surface area contributed by atoms with E-state index in [4.69, 9.17) is 5.11 Å². The van der Waals surface area contributed by atoms with Gasteiger partial charge in [0, 0.05) is 41.2 Å². The molecule has 2 aromatic carbocycles. The molecule has 2 saturated carbocycles. The first-order valence-electron chi connectivity index (χ1n) is 12.7. The van der Waals surface area contributed by atoms with Crippen LogP contribution < -0.4 is 9.64 Å². The molecule has 208 valence electrons. The second-order valence-electron chi connectivity index (χ2n) is 10.1. The number of amides is 2. The summed E-state index contributed by atoms with van der Waals surface area (Å²) in [6, 6.07) is 5.73. The van der Waals surface area contributed by atoms with Crippen LogP contribution in [-0.2, 0) is 9.59 Å². The van der Waals surface area contributed by atoms with Gasteiger partial charge in [-0.15, -0.1) is 13.2 Å². The molecule has 0 bridgehead atoms. The molecule has 2 aromatic rings. The lowest BCUT2D eigenvalue weighted by molar-refractivity contribution is -0.275. The standard InChI is InChI=1S/C27H26F4N2O6/c28-15-5-8-20-18(13-15)25(32(16-6-7-16)23(35)10-11-24(36)37)17-2-1-3-19(17)33(20)26(38)14-4-9-22(21(34)12-14)39-27(29,30)31/h4-5,8-9,12-13,16-17,19,25,34H,1-3,6-7,10-11H2,(H,36,37)/t17-,19-,25+/m0/s1. The van der Waals surface area contributed by atoms with Crippen molar-refractivity contribution in [3.05, 3.63) is 53.3 Å². The summed E-state index contributed by atoms with van der Waals surface area (Å²) in [5.41, 5.74) is 0.697. The van der Waals surface area contributed by atoms with Crippen LogP contribution in [0.25, 0.3) is 0 Å². The van der Waals surface area contributed by atoms with Crippen LogP contribution in [-0.4, -0.2) is 51.3 Å². The molecule has 0 unspecified atom stereocenters. The third-order valence-corrected chi connectivity index (χ3v) is 7.57. The molecule has 2 fully saturated rings. The zero-order valence-electron chi connectivity index (χ0n) is 20.7. The van der Waals surface area contributed by atoms with Gasteiger partial charge >= 0.3 is 12.3 Å². The number of anilines is 1. The molecular formula is C27H26F4N2O6. The number of alkyl halides is 3. The Bertz CT molecular complexity index is 1310. The molecule has 0 spiro atoms. The quantitative estimate of drug-likeness (QED) is 0.462. The number of halogens is 4. The molecule has 0 saturated heterocycles. The molecule has 1 aliphatic heterocycles. The summed E-state index contributed by atoms with van der Waals surface area (Å²) in [7, 11) is 0. The van der Waals surface area contributed by atoms with E-state index in [0.29, 0.717) is 24.1 Å². The normalized spacial score (nSPS) is 22.2. The van der Waals surface area contributed by atoms with E-state index in [1.54, 1.807) is 4.90 Å². The van der Waals surface area contributed by atoms with Gasteiger partial charge in [0.1, 0.15) is 5.82 Å². The van der Waals surface area contributed by atoms with E-state index in [-0.39, 0.29) is 36.3 Å². The minimum absolute atomic E-state index is 0.0852. The molecule has 0 radical (unpaired) electrons. The Balaban J connectivity index is 1.54. The van der Waals surface area contributed by atoms with E-state index in [9.17, 15) is 37.1 Å². The Morgan fingerprint density at radius 3 is 2.41 bits per heavy atom. The van der Waals surface area contributed by atoms with E-state index in [2.05, 4.69) is 4.74 Å². The number of carboxylic acids is 1. The maximum atomic E-state index is 14.6. The van der Waals surface area contributed by atoms with Gasteiger partial charge < -0.3 is 24.7 Å². The molecule has 1 heterocycles. The van der Waals surface area contributed by atoms with Gasteiger partial charge in [-0.05, 0) is 62.1 Å². The second-order valence-corrected chi connectivity index (χ2v) is 10.1. The smallest absolute Gasteiger partial charge is 0.504 e. The molecule has 0 aromatic heterocycles. The zero-order chi connectivity index (χ0) is 28.1. The number of hydrogen-bond acceptors (Lipinski definition) is 5. The van der Waals surface area contributed by atoms with Crippen molar-refractivity contribution in [2.45, 2.75) is 69.4 Å². The fourth-order valence-corrected chi connectivity index (χ4v) is 5.95. The monoisotopic (exact) mass is 550 g/mol. The second kappa shape index (κ2) is 10.0. The number of phenolic OH excluding ortho intramolecular Hbond substituents is 1. The number of hydrogen-bond donors (Lipinski definition) is 2. The summed E-state index contributed by atoms with van der Waals surface area (Å²) < 4.78 is 56.3. The first kappa shape index (κ1) is 26.8. The van der Waals surface area contributed by atoms with E-state index >= 15 is 0 Å². The van der Waals surface area contributed by atoms with Gasteiger partial charge in [-0.2, -0.15) is 0 Å². The van der Waals surface area contributed by atoms with Crippen molar-refractivity contribution in [1.82, 2.24) is 4.90 Å². The lowest BCUT2D eigenvalue weighted by Crippen LogP contribution is -2.53. The fraction of sp³-hybridized carbons (Fsp3) is 0.444. The number of rotatable bonds is 7. The van der Waals surface area contributed by atoms with E-state index in [1.807, 2.05) is 0 Å². The van der Waals surface area contributed by atoms with E-state index < -0.39 is 47.6 Å². The Morgan fingerprint density at radius 2 is 1.77 bits per heavy atom. The Labute approximate surface area is 220 Å². The van der Waals surface area contributed by atoms with Crippen molar-refractivity contribution < 1.29 is 46.9 Å². The molecule has 39 heavy (non-hydrogen) atoms. The topological polar surface area (TPSA) is 107 Å². The van der Waals surface area contributed by atoms with Gasteiger partial charge in [0.2, 0.25) is 5.91 Å². The number of aliphatic carboxylic acids is 1. The Kier molecular flexibility index (Phi) is 6.90. The van der Waals surface area contributed by atoms with Crippen molar-refractivity contribution in [3.8, 4) is 11.5 Å². The van der Waals surface area contributed by atoms with Gasteiger partial charge in [0.15, 0.2) is 11.5 Å². The van der Waals surface area contributed by atoms with Gasteiger partial charge in [-0.1, -0.05) is 6.42 Å². The SMILES string of the molecule is O=C(O)CCC(=O)N(C1CC1)[C@H]1c2cc(F)ccc2N(C(=O)c2ccc(OC(F)(F)F)c(O)c2)[C@H]2CCC[C@@H]21. The molecule has 8 nitrogen and oxygen atoms in total. The van der Waals surface area contributed by atoms with Crippen LogP contribution in [0, 0.1) is 11.7 Å². The number of nitrogens with zero attached hydrogens (tertiary/aromatic N) is 2. The minimum Gasteiger partial charge on any atom is -0.504 e. The average molecular weight is 551 g/mol. The highest BCUT2D eigenvalue weighted by Gasteiger charge is 2.51. The molecule has 2 amide bonds. The third-order valence-electron chi connectivity index (χ3n) is 7.57. The molecular weight excluding hydrogens is 524 g/mol. The first-order chi connectivity index (χ1) is 18.4. The number of carbonyl (C=O) groups excluding carboxylic acids is 2. The van der Waals surface area contributed by atoms with Gasteiger partial charge in [0.05, 0.1) is 12.5 Å². The molecule has 2 N–H and O–H groups in total. The summed E-state index contributed by atoms with van der Waals surface area (Å²) in [5.74, 6) is -4.57. The number of carbonyl (C=O) groups is 3. The molecule has 2 aliphatic carbocycles. The van der Waals surface area contributed by atoms with Crippen LogP contribution in [0.4, 0.5) is 23.2 Å². The third kappa shape index (κ3) is 5.37. The highest BCUT2D eigenvalue weighted by atomic mass is 19.4. The summed E-state index contributed by atoms with van der Waals surface area (Å²) >= 11 is 0. The number of aromatic hydroxyl groups is 1. The summed E-state index contributed by atoms with van der Waals surface area (Å²) in [6.45, 7) is 0. The minimum atomic E-state index is -5.03. The van der Waals surface area contributed by atoms with Gasteiger partial charge in [-0.25, -0.2) is 4.39 Å². The van der Waals surface area contributed by atoms with E-state index in [1.165, 1.54) is 23.1 Å². The molecule has 3 aliphatic rings. The lowest BCUT2D eigenvalue weighted by Gasteiger charge is -2.48. The predicted octanol–water partition coefficient (Wildman–Crippen LogP) is 5.16. The highest BCUT2D eigenvalue weighted by molar-refractivity contribution is 6.08. The summed E-state index contributed by atoms with van der Waals surface area (Å²) in [6.07, 6.45) is -2.14. The molecule has 12 heteroatoms. The average Bonchev–Trinajstić information content (AvgIpc) is 3.58. The number of fused-ring (bicyclic) bond motifs is 2. The number of ether oxygens (including phenoxy) is 1. The van der Waals surface area contributed by atoms with Crippen molar-refractivity contribution >= 4 is 23.5 Å². The number of carboxylic acid groups (broad SMARTS) is 1. The van der Waals surface area contributed by atoms with Crippen molar-refractivity contribution in [3.63, 3.8) is 0 Å². The van der Waals surface area contributed by atoms with Crippen molar-refractivity contribution in [2.24, 2.45) is 5.92 Å². The van der Waals surface area contributed by atoms with Crippen LogP contribution in [0.15, 0.2) is 36.4 Å². The Hall–Kier alpha value is -3.83. The van der Waals surface area contributed by atoms with Gasteiger partial charge in [0.25, 0.3) is 5.91 Å². The largest absolute Gasteiger partial charge is 0.573 e. The van der Waals surface area contributed by atoms with Crippen molar-refractivity contribution in [2.75, 3.05) is 4.90 Å². The van der Waals surface area contributed by atoms with Crippen LogP contribution in [0.2, 0.25) is 0 Å². The predicted molar refractivity (Wildman–Crippen MR) is 129 cm³/mol. The van der Waals surface area contributed by atoms with Gasteiger partial charge in [-0.3, -0.25) is 14.4 Å². The zero-order valence-corrected chi connectivity index (χ0v) is 20.7. The van der Waals surface area contributed by atoms with E-state index in [0.717, 1.165) is 37.5 Å². The van der Waals surface area contributed by atoms with Crippen LogP contribution >= 0.6 is 0 Å².